The number of nitrogens with two attached hydrogens (primary N) is 1. The fraction of sp³-hybridized carbons (Fsp3) is 0.500. The summed E-state index contributed by atoms with van der Waals surface area (Å²) in [6.07, 6.45) is 1.51. The molecule has 0 amide bonds. The average molecular weight is 305 g/mol. The number of anilines is 1. The van der Waals surface area contributed by atoms with Crippen molar-refractivity contribution in [3.8, 4) is 0 Å². The highest BCUT2D eigenvalue weighted by atomic mass is 35.5. The van der Waals surface area contributed by atoms with Crippen molar-refractivity contribution in [3.63, 3.8) is 0 Å². The molecule has 1 aliphatic heterocycles. The first-order valence-electron chi connectivity index (χ1n) is 6.03. The van der Waals surface area contributed by atoms with Gasteiger partial charge in [-0.2, -0.15) is 4.31 Å². The molecule has 0 radical (unpaired) electrons. The van der Waals surface area contributed by atoms with Crippen LogP contribution in [0.25, 0.3) is 0 Å². The smallest absolute Gasteiger partial charge is 0.244 e. The van der Waals surface area contributed by atoms with Gasteiger partial charge in [0.05, 0.1) is 11.1 Å². The summed E-state index contributed by atoms with van der Waals surface area (Å²) in [6, 6.07) is 4.49. The molecule has 1 aromatic carbocycles. The van der Waals surface area contributed by atoms with Crippen molar-refractivity contribution in [2.24, 2.45) is 0 Å². The highest BCUT2D eigenvalue weighted by molar-refractivity contribution is 7.89. The Morgan fingerprint density at radius 3 is 2.58 bits per heavy atom. The molecule has 0 aromatic heterocycles. The van der Waals surface area contributed by atoms with Gasteiger partial charge in [0.15, 0.2) is 0 Å². The second-order valence-electron chi connectivity index (χ2n) is 4.53. The van der Waals surface area contributed by atoms with Crippen LogP contribution >= 0.6 is 11.6 Å². The number of halogens is 1. The number of rotatable bonds is 3. The number of sulfonamides is 1. The predicted octanol–water partition coefficient (Wildman–Crippen LogP) is 1.72. The molecule has 5 nitrogen and oxygen atoms in total. The van der Waals surface area contributed by atoms with E-state index < -0.39 is 10.0 Å². The second kappa shape index (κ2) is 5.66. The summed E-state index contributed by atoms with van der Waals surface area (Å²) in [4.78, 5) is 0.0741. The Balaban J connectivity index is 2.26. The van der Waals surface area contributed by atoms with E-state index in [1.807, 2.05) is 0 Å². The molecule has 7 heteroatoms. The van der Waals surface area contributed by atoms with Gasteiger partial charge in [-0.3, -0.25) is 0 Å². The van der Waals surface area contributed by atoms with Crippen LogP contribution in [0.4, 0.5) is 5.69 Å². The lowest BCUT2D eigenvalue weighted by atomic mass is 10.1. The normalized spacial score (nSPS) is 18.6. The monoisotopic (exact) mass is 304 g/mol. The molecule has 19 heavy (non-hydrogen) atoms. The quantitative estimate of drug-likeness (QED) is 0.863. The lowest BCUT2D eigenvalue weighted by molar-refractivity contribution is 0.0604. The van der Waals surface area contributed by atoms with Gasteiger partial charge in [0.2, 0.25) is 10.0 Å². The minimum Gasteiger partial charge on any atom is -0.399 e. The minimum atomic E-state index is -3.58. The van der Waals surface area contributed by atoms with Gasteiger partial charge in [0.25, 0.3) is 0 Å². The number of piperidine rings is 1. The molecule has 0 aliphatic carbocycles. The van der Waals surface area contributed by atoms with Crippen LogP contribution in [0.3, 0.4) is 0 Å². The van der Waals surface area contributed by atoms with Crippen LogP contribution in [0.5, 0.6) is 0 Å². The van der Waals surface area contributed by atoms with Crippen molar-refractivity contribution < 1.29 is 13.2 Å². The molecule has 1 aromatic rings. The van der Waals surface area contributed by atoms with E-state index in [-0.39, 0.29) is 16.0 Å². The topological polar surface area (TPSA) is 72.6 Å². The Morgan fingerprint density at radius 1 is 1.37 bits per heavy atom. The molecule has 1 fully saturated rings. The maximum Gasteiger partial charge on any atom is 0.244 e. The van der Waals surface area contributed by atoms with Gasteiger partial charge in [0.1, 0.15) is 4.90 Å². The molecule has 0 atom stereocenters. The second-order valence-corrected chi connectivity index (χ2v) is 6.84. The van der Waals surface area contributed by atoms with Gasteiger partial charge in [0, 0.05) is 25.9 Å². The lowest BCUT2D eigenvalue weighted by Crippen LogP contribution is -2.40. The zero-order valence-electron chi connectivity index (χ0n) is 10.7. The fourth-order valence-corrected chi connectivity index (χ4v) is 4.14. The van der Waals surface area contributed by atoms with E-state index in [0.717, 1.165) is 0 Å². The maximum atomic E-state index is 12.5. The van der Waals surface area contributed by atoms with Crippen LogP contribution in [0.1, 0.15) is 12.8 Å². The predicted molar refractivity (Wildman–Crippen MR) is 74.7 cm³/mol. The Labute approximate surface area is 118 Å². The van der Waals surface area contributed by atoms with Gasteiger partial charge in [-0.25, -0.2) is 8.42 Å². The molecule has 0 unspecified atom stereocenters. The van der Waals surface area contributed by atoms with E-state index in [0.29, 0.717) is 31.6 Å². The first-order chi connectivity index (χ1) is 8.95. The van der Waals surface area contributed by atoms with Gasteiger partial charge >= 0.3 is 0 Å². The zero-order chi connectivity index (χ0) is 14.0. The number of nitrogen functional groups attached to an aromatic ring is 1. The number of hydrogen-bond acceptors (Lipinski definition) is 4. The molecular formula is C12H17ClN2O3S. The van der Waals surface area contributed by atoms with Crippen LogP contribution < -0.4 is 5.73 Å². The summed E-state index contributed by atoms with van der Waals surface area (Å²) >= 11 is 5.97. The summed E-state index contributed by atoms with van der Waals surface area (Å²) < 4.78 is 31.7. The van der Waals surface area contributed by atoms with Gasteiger partial charge < -0.3 is 10.5 Å². The van der Waals surface area contributed by atoms with Gasteiger partial charge in [-0.15, -0.1) is 0 Å². The Bertz CT molecular complexity index is 554. The minimum absolute atomic E-state index is 0.0741. The van der Waals surface area contributed by atoms with Crippen molar-refractivity contribution in [1.29, 1.82) is 0 Å². The lowest BCUT2D eigenvalue weighted by Gasteiger charge is -2.30. The van der Waals surface area contributed by atoms with Crippen LogP contribution in [0.15, 0.2) is 23.1 Å². The van der Waals surface area contributed by atoms with E-state index >= 15 is 0 Å². The van der Waals surface area contributed by atoms with Crippen molar-refractivity contribution in [3.05, 3.63) is 23.2 Å². The van der Waals surface area contributed by atoms with Crippen LogP contribution in [-0.2, 0) is 14.8 Å². The first kappa shape index (κ1) is 14.6. The molecule has 1 aliphatic rings. The molecule has 0 bridgehead atoms. The number of nitrogens with zero attached hydrogens (tertiary/aromatic N) is 1. The summed E-state index contributed by atoms with van der Waals surface area (Å²) in [5.74, 6) is 0. The number of benzene rings is 1. The first-order valence-corrected chi connectivity index (χ1v) is 7.85. The molecule has 2 N–H and O–H groups in total. The Hall–Kier alpha value is -0.820. The van der Waals surface area contributed by atoms with Crippen LogP contribution in [0, 0.1) is 0 Å². The van der Waals surface area contributed by atoms with Gasteiger partial charge in [-0.1, -0.05) is 11.6 Å². The molecule has 0 spiro atoms. The molecule has 2 rings (SSSR count). The van der Waals surface area contributed by atoms with Crippen molar-refractivity contribution in [2.45, 2.75) is 23.8 Å². The van der Waals surface area contributed by atoms with Crippen molar-refractivity contribution in [2.75, 3.05) is 25.9 Å². The highest BCUT2D eigenvalue weighted by Crippen LogP contribution is 2.28. The van der Waals surface area contributed by atoms with E-state index in [1.54, 1.807) is 13.2 Å². The average Bonchev–Trinajstić information content (AvgIpc) is 2.41. The third-order valence-corrected chi connectivity index (χ3v) is 5.69. The number of methoxy groups -OCH3 is 1. The van der Waals surface area contributed by atoms with Crippen LogP contribution in [0.2, 0.25) is 5.02 Å². The largest absolute Gasteiger partial charge is 0.399 e. The number of ether oxygens (including phenoxy) is 1. The summed E-state index contributed by atoms with van der Waals surface area (Å²) in [7, 11) is -1.94. The molecular weight excluding hydrogens is 288 g/mol. The Morgan fingerprint density at radius 2 is 2.00 bits per heavy atom. The van der Waals surface area contributed by atoms with E-state index in [1.165, 1.54) is 16.4 Å². The van der Waals surface area contributed by atoms with E-state index in [4.69, 9.17) is 22.1 Å². The fourth-order valence-electron chi connectivity index (χ4n) is 2.16. The highest BCUT2D eigenvalue weighted by Gasteiger charge is 2.30. The standard InChI is InChI=1S/C12H17ClN2O3S/c1-18-10-4-6-15(7-5-10)19(16,17)12-8-9(14)2-3-11(12)13/h2-3,8,10H,4-7,14H2,1H3. The zero-order valence-corrected chi connectivity index (χ0v) is 12.2. The van der Waals surface area contributed by atoms with Crippen molar-refractivity contribution >= 4 is 27.3 Å². The van der Waals surface area contributed by atoms with E-state index in [2.05, 4.69) is 0 Å². The molecule has 0 saturated carbocycles. The van der Waals surface area contributed by atoms with Crippen LogP contribution in [-0.4, -0.2) is 39.0 Å². The third-order valence-electron chi connectivity index (χ3n) is 3.31. The third kappa shape index (κ3) is 3.02. The summed E-state index contributed by atoms with van der Waals surface area (Å²) in [6.45, 7) is 0.873. The maximum absolute atomic E-state index is 12.5. The SMILES string of the molecule is COC1CCN(S(=O)(=O)c2cc(N)ccc2Cl)CC1. The summed E-state index contributed by atoms with van der Waals surface area (Å²) in [5, 5.41) is 0.197. The molecule has 1 heterocycles. The summed E-state index contributed by atoms with van der Waals surface area (Å²) in [5.41, 5.74) is 6.02. The van der Waals surface area contributed by atoms with E-state index in [9.17, 15) is 8.42 Å². The van der Waals surface area contributed by atoms with Gasteiger partial charge in [-0.05, 0) is 31.0 Å². The van der Waals surface area contributed by atoms with Crippen molar-refractivity contribution in [1.82, 2.24) is 4.31 Å². The number of hydrogen-bond donors (Lipinski definition) is 1. The molecule has 106 valence electrons. The Kier molecular flexibility index (Phi) is 4.35. The molecule has 1 saturated heterocycles.